The Morgan fingerprint density at radius 3 is 2.50 bits per heavy atom. The van der Waals surface area contributed by atoms with E-state index in [2.05, 4.69) is 31.8 Å². The van der Waals surface area contributed by atoms with Crippen molar-refractivity contribution in [2.45, 2.75) is 45.6 Å². The number of hydrogen-bond acceptors (Lipinski definition) is 2. The number of hydrogen-bond donors (Lipinski definition) is 1. The molecule has 2 N–H and O–H groups in total. The van der Waals surface area contributed by atoms with Gasteiger partial charge in [-0.1, -0.05) is 13.0 Å². The molecule has 0 fully saturated rings. The van der Waals surface area contributed by atoms with E-state index in [-0.39, 0.29) is 5.54 Å². The van der Waals surface area contributed by atoms with Crippen LogP contribution in [0.1, 0.15) is 38.3 Å². The predicted molar refractivity (Wildman–Crippen MR) is 60.2 cm³/mol. The summed E-state index contributed by atoms with van der Waals surface area (Å²) in [6, 6.07) is 2.22. The Morgan fingerprint density at radius 1 is 1.29 bits per heavy atom. The monoisotopic (exact) mass is 192 g/mol. The zero-order valence-corrected chi connectivity index (χ0v) is 9.38. The summed E-state index contributed by atoms with van der Waals surface area (Å²) in [5.41, 5.74) is 8.45. The molecule has 1 aromatic rings. The predicted octanol–water partition coefficient (Wildman–Crippen LogP) is 2.31. The molecule has 0 saturated heterocycles. The topological polar surface area (TPSA) is 38.9 Å². The first kappa shape index (κ1) is 11.2. The zero-order valence-electron chi connectivity index (χ0n) is 9.38. The van der Waals surface area contributed by atoms with Crippen LogP contribution in [0.25, 0.3) is 0 Å². The van der Waals surface area contributed by atoms with E-state index < -0.39 is 0 Å². The van der Waals surface area contributed by atoms with Gasteiger partial charge >= 0.3 is 0 Å². The van der Waals surface area contributed by atoms with Gasteiger partial charge in [-0.15, -0.1) is 0 Å². The lowest BCUT2D eigenvalue weighted by atomic mass is 9.97. The van der Waals surface area contributed by atoms with Gasteiger partial charge in [0.2, 0.25) is 0 Å². The minimum Gasteiger partial charge on any atom is -0.326 e. The van der Waals surface area contributed by atoms with Crippen LogP contribution in [0, 0.1) is 0 Å². The van der Waals surface area contributed by atoms with Gasteiger partial charge in [0.1, 0.15) is 0 Å². The molecule has 0 aliphatic rings. The lowest BCUT2D eigenvalue weighted by molar-refractivity contribution is 0.476. The van der Waals surface area contributed by atoms with Crippen molar-refractivity contribution >= 4 is 0 Å². The minimum absolute atomic E-state index is 0.0811. The first-order chi connectivity index (χ1) is 6.51. The van der Waals surface area contributed by atoms with Gasteiger partial charge in [-0.05, 0) is 44.2 Å². The Bertz CT molecular complexity index is 287. The van der Waals surface area contributed by atoms with Gasteiger partial charge < -0.3 is 5.73 Å². The van der Waals surface area contributed by atoms with Gasteiger partial charge in [0.15, 0.2) is 0 Å². The highest BCUT2D eigenvalue weighted by Crippen LogP contribution is 2.11. The summed E-state index contributed by atoms with van der Waals surface area (Å²) in [7, 11) is 0. The van der Waals surface area contributed by atoms with E-state index in [4.69, 9.17) is 5.73 Å². The van der Waals surface area contributed by atoms with Crippen LogP contribution in [0.2, 0.25) is 0 Å². The molecule has 14 heavy (non-hydrogen) atoms. The largest absolute Gasteiger partial charge is 0.326 e. The van der Waals surface area contributed by atoms with Crippen molar-refractivity contribution < 1.29 is 0 Å². The molecular weight excluding hydrogens is 172 g/mol. The standard InChI is InChI=1S/C12H20N2/c1-4-10-7-11(9-14-8-10)5-6-12(2,3)13/h7-9H,4-6,13H2,1-3H3. The molecule has 0 spiro atoms. The molecule has 1 rings (SSSR count). The molecule has 2 nitrogen and oxygen atoms in total. The molecule has 0 bridgehead atoms. The maximum atomic E-state index is 5.93. The lowest BCUT2D eigenvalue weighted by Gasteiger charge is -2.17. The average Bonchev–Trinajstić information content (AvgIpc) is 2.14. The van der Waals surface area contributed by atoms with E-state index in [0.717, 1.165) is 19.3 Å². The van der Waals surface area contributed by atoms with Gasteiger partial charge in [0.25, 0.3) is 0 Å². The molecule has 0 aliphatic carbocycles. The highest BCUT2D eigenvalue weighted by atomic mass is 14.7. The summed E-state index contributed by atoms with van der Waals surface area (Å²) in [4.78, 5) is 4.22. The number of rotatable bonds is 4. The fourth-order valence-electron chi connectivity index (χ4n) is 1.34. The second-order valence-corrected chi connectivity index (χ2v) is 4.54. The maximum Gasteiger partial charge on any atom is 0.0300 e. The van der Waals surface area contributed by atoms with Crippen molar-refractivity contribution in [3.05, 3.63) is 29.6 Å². The number of nitrogens with two attached hydrogens (primary N) is 1. The smallest absolute Gasteiger partial charge is 0.0300 e. The molecule has 0 saturated carbocycles. The van der Waals surface area contributed by atoms with E-state index in [9.17, 15) is 0 Å². The van der Waals surface area contributed by atoms with Crippen LogP contribution in [0.15, 0.2) is 18.5 Å². The lowest BCUT2D eigenvalue weighted by Crippen LogP contribution is -2.32. The fourth-order valence-corrected chi connectivity index (χ4v) is 1.34. The Hall–Kier alpha value is -0.890. The molecule has 0 radical (unpaired) electrons. The summed E-state index contributed by atoms with van der Waals surface area (Å²) in [5, 5.41) is 0. The van der Waals surface area contributed by atoms with Crippen molar-refractivity contribution in [2.24, 2.45) is 5.73 Å². The molecule has 0 unspecified atom stereocenters. The van der Waals surface area contributed by atoms with Gasteiger partial charge in [0, 0.05) is 17.9 Å². The summed E-state index contributed by atoms with van der Waals surface area (Å²) < 4.78 is 0. The third kappa shape index (κ3) is 3.88. The van der Waals surface area contributed by atoms with Crippen molar-refractivity contribution in [3.8, 4) is 0 Å². The summed E-state index contributed by atoms with van der Waals surface area (Å²) in [6.45, 7) is 6.27. The first-order valence-electron chi connectivity index (χ1n) is 5.23. The third-order valence-electron chi connectivity index (χ3n) is 2.32. The number of aryl methyl sites for hydroxylation is 2. The van der Waals surface area contributed by atoms with Crippen molar-refractivity contribution in [1.29, 1.82) is 0 Å². The molecule has 1 aromatic heterocycles. The first-order valence-corrected chi connectivity index (χ1v) is 5.23. The molecule has 2 heteroatoms. The van der Waals surface area contributed by atoms with E-state index in [0.29, 0.717) is 0 Å². The van der Waals surface area contributed by atoms with Crippen LogP contribution in [0.4, 0.5) is 0 Å². The van der Waals surface area contributed by atoms with E-state index in [1.807, 2.05) is 12.4 Å². The summed E-state index contributed by atoms with van der Waals surface area (Å²) >= 11 is 0. The Labute approximate surface area is 86.5 Å². The molecule has 0 aromatic carbocycles. The van der Waals surface area contributed by atoms with Gasteiger partial charge in [-0.3, -0.25) is 4.98 Å². The van der Waals surface area contributed by atoms with Crippen LogP contribution in [-0.4, -0.2) is 10.5 Å². The van der Waals surface area contributed by atoms with Crippen molar-refractivity contribution in [3.63, 3.8) is 0 Å². The Morgan fingerprint density at radius 2 is 1.93 bits per heavy atom. The van der Waals surface area contributed by atoms with Gasteiger partial charge in [-0.2, -0.15) is 0 Å². The van der Waals surface area contributed by atoms with Crippen LogP contribution < -0.4 is 5.73 Å². The van der Waals surface area contributed by atoms with Gasteiger partial charge in [0.05, 0.1) is 0 Å². The van der Waals surface area contributed by atoms with E-state index in [1.54, 1.807) is 0 Å². The second kappa shape index (κ2) is 4.56. The second-order valence-electron chi connectivity index (χ2n) is 4.54. The van der Waals surface area contributed by atoms with Gasteiger partial charge in [-0.25, -0.2) is 0 Å². The van der Waals surface area contributed by atoms with Crippen molar-refractivity contribution in [2.75, 3.05) is 0 Å². The summed E-state index contributed by atoms with van der Waals surface area (Å²) in [6.07, 6.45) is 6.93. The molecule has 78 valence electrons. The molecule has 0 aliphatic heterocycles. The van der Waals surface area contributed by atoms with E-state index >= 15 is 0 Å². The number of pyridine rings is 1. The van der Waals surface area contributed by atoms with Crippen molar-refractivity contribution in [1.82, 2.24) is 4.98 Å². The van der Waals surface area contributed by atoms with E-state index in [1.165, 1.54) is 11.1 Å². The van der Waals surface area contributed by atoms with Crippen LogP contribution in [-0.2, 0) is 12.8 Å². The minimum atomic E-state index is -0.0811. The molecule has 1 heterocycles. The molecule has 0 amide bonds. The number of nitrogens with zero attached hydrogens (tertiary/aromatic N) is 1. The highest BCUT2D eigenvalue weighted by Gasteiger charge is 2.10. The Balaban J connectivity index is 2.59. The molecular formula is C12H20N2. The fraction of sp³-hybridized carbons (Fsp3) is 0.583. The van der Waals surface area contributed by atoms with Crippen LogP contribution in [0.3, 0.4) is 0 Å². The SMILES string of the molecule is CCc1cncc(CCC(C)(C)N)c1. The average molecular weight is 192 g/mol. The highest BCUT2D eigenvalue weighted by molar-refractivity contribution is 5.18. The maximum absolute atomic E-state index is 5.93. The third-order valence-corrected chi connectivity index (χ3v) is 2.32. The normalized spacial score (nSPS) is 11.7. The summed E-state index contributed by atoms with van der Waals surface area (Å²) in [5.74, 6) is 0. The van der Waals surface area contributed by atoms with Crippen LogP contribution >= 0.6 is 0 Å². The zero-order chi connectivity index (χ0) is 10.6. The quantitative estimate of drug-likeness (QED) is 0.795. The number of aromatic nitrogens is 1. The Kier molecular flexibility index (Phi) is 3.64. The molecule has 0 atom stereocenters. The van der Waals surface area contributed by atoms with Crippen LogP contribution in [0.5, 0.6) is 0 Å².